The highest BCUT2D eigenvalue weighted by molar-refractivity contribution is 5.79. The van der Waals surface area contributed by atoms with Crippen molar-refractivity contribution in [2.45, 2.75) is 45.6 Å². The van der Waals surface area contributed by atoms with Crippen molar-refractivity contribution in [2.24, 2.45) is 4.99 Å². The van der Waals surface area contributed by atoms with Crippen molar-refractivity contribution >= 4 is 12.1 Å². The van der Waals surface area contributed by atoms with E-state index in [0.29, 0.717) is 32.1 Å². The molecule has 0 aliphatic heterocycles. The summed E-state index contributed by atoms with van der Waals surface area (Å²) < 4.78 is 5.46. The molecule has 0 aromatic heterocycles. The number of carbonyl (C=O) groups excluding carboxylic acids is 1. The van der Waals surface area contributed by atoms with Crippen molar-refractivity contribution in [3.63, 3.8) is 0 Å². The molecular weight excluding hydrogens is 356 g/mol. The summed E-state index contributed by atoms with van der Waals surface area (Å²) in [6.45, 7) is 9.95. The third kappa shape index (κ3) is 9.08. The smallest absolute Gasteiger partial charge is 0.410 e. The van der Waals surface area contributed by atoms with Crippen molar-refractivity contribution in [1.29, 1.82) is 0 Å². The van der Waals surface area contributed by atoms with Gasteiger partial charge in [-0.2, -0.15) is 0 Å². The quantitative estimate of drug-likeness (QED) is 0.444. The van der Waals surface area contributed by atoms with Crippen LogP contribution in [0.15, 0.2) is 35.3 Å². The number of hydrogen-bond donors (Lipinski definition) is 3. The number of hydrogen-bond acceptors (Lipinski definition) is 4. The fraction of sp³-hybridized carbons (Fsp3) is 0.619. The van der Waals surface area contributed by atoms with E-state index in [9.17, 15) is 9.90 Å². The monoisotopic (exact) mass is 392 g/mol. The number of aliphatic hydroxyl groups excluding tert-OH is 1. The number of benzene rings is 1. The molecule has 0 fully saturated rings. The van der Waals surface area contributed by atoms with E-state index in [0.717, 1.165) is 12.0 Å². The lowest BCUT2D eigenvalue weighted by Gasteiger charge is -2.27. The number of nitrogens with one attached hydrogen (secondary N) is 2. The summed E-state index contributed by atoms with van der Waals surface area (Å²) in [5.41, 5.74) is 0.567. The first-order chi connectivity index (χ1) is 13.3. The minimum Gasteiger partial charge on any atom is -0.444 e. The molecule has 0 saturated carbocycles. The van der Waals surface area contributed by atoms with Crippen LogP contribution in [0.2, 0.25) is 0 Å². The zero-order valence-electron chi connectivity index (χ0n) is 17.9. The first kappa shape index (κ1) is 23.8. The van der Waals surface area contributed by atoms with Gasteiger partial charge in [-0.05, 0) is 32.8 Å². The number of guanidine groups is 1. The maximum absolute atomic E-state index is 12.3. The molecule has 158 valence electrons. The molecule has 1 rings (SSSR count). The summed E-state index contributed by atoms with van der Waals surface area (Å²) in [5.74, 6) is 0.619. The number of aliphatic hydroxyl groups is 1. The molecule has 28 heavy (non-hydrogen) atoms. The third-order valence-electron chi connectivity index (χ3n) is 4.05. The van der Waals surface area contributed by atoms with Crippen LogP contribution >= 0.6 is 0 Å². The summed E-state index contributed by atoms with van der Waals surface area (Å²) in [5, 5.41) is 16.1. The molecule has 7 nitrogen and oxygen atoms in total. The van der Waals surface area contributed by atoms with Crippen molar-refractivity contribution in [1.82, 2.24) is 15.5 Å². The normalized spacial score (nSPS) is 13.0. The van der Waals surface area contributed by atoms with Gasteiger partial charge in [-0.3, -0.25) is 4.99 Å². The van der Waals surface area contributed by atoms with Gasteiger partial charge in [0.1, 0.15) is 5.60 Å². The second kappa shape index (κ2) is 12.2. The molecule has 1 unspecified atom stereocenters. The van der Waals surface area contributed by atoms with Crippen LogP contribution in [0.25, 0.3) is 0 Å². The van der Waals surface area contributed by atoms with Crippen molar-refractivity contribution in [3.8, 4) is 0 Å². The number of rotatable bonds is 9. The number of aliphatic imine (C=N–C) groups is 1. The van der Waals surface area contributed by atoms with Gasteiger partial charge in [0, 0.05) is 39.1 Å². The Morgan fingerprint density at radius 2 is 1.89 bits per heavy atom. The summed E-state index contributed by atoms with van der Waals surface area (Å²) in [4.78, 5) is 18.2. The van der Waals surface area contributed by atoms with Crippen LogP contribution < -0.4 is 10.6 Å². The Labute approximate surface area is 169 Å². The molecule has 0 radical (unpaired) electrons. The molecule has 1 amide bonds. The Morgan fingerprint density at radius 1 is 1.21 bits per heavy atom. The van der Waals surface area contributed by atoms with E-state index in [1.807, 2.05) is 58.0 Å². The molecule has 0 aliphatic carbocycles. The van der Waals surface area contributed by atoms with Crippen LogP contribution in [-0.2, 0) is 4.74 Å². The Bertz CT molecular complexity index is 599. The summed E-state index contributed by atoms with van der Waals surface area (Å²) in [6, 6.07) is 9.89. The fourth-order valence-electron chi connectivity index (χ4n) is 2.65. The van der Waals surface area contributed by atoms with Crippen molar-refractivity contribution in [2.75, 3.05) is 39.8 Å². The molecule has 1 aromatic carbocycles. The van der Waals surface area contributed by atoms with Crippen LogP contribution in [0.3, 0.4) is 0 Å². The second-order valence-corrected chi connectivity index (χ2v) is 7.64. The first-order valence-corrected chi connectivity index (χ1v) is 9.89. The lowest BCUT2D eigenvalue weighted by Crippen LogP contribution is -2.45. The van der Waals surface area contributed by atoms with Crippen LogP contribution in [0.1, 0.15) is 45.6 Å². The molecule has 3 N–H and O–H groups in total. The van der Waals surface area contributed by atoms with Crippen molar-refractivity contribution < 1.29 is 14.6 Å². The molecule has 1 atom stereocenters. The molecule has 1 aromatic rings. The zero-order chi connectivity index (χ0) is 21.0. The largest absolute Gasteiger partial charge is 0.444 e. The molecule has 0 heterocycles. The molecule has 0 spiro atoms. The van der Waals surface area contributed by atoms with E-state index in [1.165, 1.54) is 0 Å². The minimum atomic E-state index is -0.509. The highest BCUT2D eigenvalue weighted by Gasteiger charge is 2.21. The average Bonchev–Trinajstić information content (AvgIpc) is 2.65. The number of ether oxygens (including phenoxy) is 1. The SMILES string of the molecule is CCCN(CCNC(=NC)NCC(CO)c1ccccc1)C(=O)OC(C)(C)C. The molecule has 0 aliphatic rings. The maximum atomic E-state index is 12.3. The predicted octanol–water partition coefficient (Wildman–Crippen LogP) is 2.57. The summed E-state index contributed by atoms with van der Waals surface area (Å²) in [7, 11) is 1.70. The van der Waals surface area contributed by atoms with Gasteiger partial charge in [0.2, 0.25) is 0 Å². The van der Waals surface area contributed by atoms with E-state index >= 15 is 0 Å². The van der Waals surface area contributed by atoms with Crippen molar-refractivity contribution in [3.05, 3.63) is 35.9 Å². The molecule has 0 saturated heterocycles. The van der Waals surface area contributed by atoms with Gasteiger partial charge in [0.15, 0.2) is 5.96 Å². The maximum Gasteiger partial charge on any atom is 0.410 e. The lowest BCUT2D eigenvalue weighted by atomic mass is 10.0. The Hall–Kier alpha value is -2.28. The van der Waals surface area contributed by atoms with Crippen LogP contribution in [0, 0.1) is 0 Å². The van der Waals surface area contributed by atoms with Gasteiger partial charge in [-0.25, -0.2) is 4.79 Å². The highest BCUT2D eigenvalue weighted by Crippen LogP contribution is 2.13. The topological polar surface area (TPSA) is 86.2 Å². The second-order valence-electron chi connectivity index (χ2n) is 7.64. The van der Waals surface area contributed by atoms with Gasteiger partial charge in [-0.15, -0.1) is 0 Å². The zero-order valence-corrected chi connectivity index (χ0v) is 17.9. The summed E-state index contributed by atoms with van der Waals surface area (Å²) >= 11 is 0. The van der Waals surface area contributed by atoms with Gasteiger partial charge in [-0.1, -0.05) is 37.3 Å². The highest BCUT2D eigenvalue weighted by atomic mass is 16.6. The Kier molecular flexibility index (Phi) is 10.4. The van der Waals surface area contributed by atoms with E-state index in [2.05, 4.69) is 15.6 Å². The predicted molar refractivity (Wildman–Crippen MR) is 114 cm³/mol. The average molecular weight is 393 g/mol. The lowest BCUT2D eigenvalue weighted by molar-refractivity contribution is 0.0253. The van der Waals surface area contributed by atoms with Crippen LogP contribution in [-0.4, -0.2) is 67.5 Å². The third-order valence-corrected chi connectivity index (χ3v) is 4.05. The first-order valence-electron chi connectivity index (χ1n) is 9.89. The van der Waals surface area contributed by atoms with E-state index in [1.54, 1.807) is 11.9 Å². The molecule has 7 heteroatoms. The van der Waals surface area contributed by atoms with E-state index < -0.39 is 5.60 Å². The Balaban J connectivity index is 2.50. The molecular formula is C21H36N4O3. The minimum absolute atomic E-state index is 0.0156. The molecule has 0 bridgehead atoms. The standard InChI is InChI=1S/C21H36N4O3/c1-6-13-25(20(27)28-21(2,3)4)14-12-23-19(22-5)24-15-18(16-26)17-10-8-7-9-11-17/h7-11,18,26H,6,12-16H2,1-5H3,(H2,22,23,24). The van der Waals surface area contributed by atoms with Gasteiger partial charge in [0.25, 0.3) is 0 Å². The van der Waals surface area contributed by atoms with Gasteiger partial charge in [0.05, 0.1) is 6.61 Å². The number of nitrogens with zero attached hydrogens (tertiary/aromatic N) is 2. The van der Waals surface area contributed by atoms with E-state index in [4.69, 9.17) is 4.74 Å². The Morgan fingerprint density at radius 3 is 2.43 bits per heavy atom. The van der Waals surface area contributed by atoms with Gasteiger partial charge < -0.3 is 25.4 Å². The van der Waals surface area contributed by atoms with Crippen LogP contribution in [0.5, 0.6) is 0 Å². The fourth-order valence-corrected chi connectivity index (χ4v) is 2.65. The van der Waals surface area contributed by atoms with Crippen LogP contribution in [0.4, 0.5) is 4.79 Å². The number of amides is 1. The van der Waals surface area contributed by atoms with E-state index in [-0.39, 0.29) is 18.6 Å². The number of carbonyl (C=O) groups is 1. The van der Waals surface area contributed by atoms with Gasteiger partial charge >= 0.3 is 6.09 Å². The summed E-state index contributed by atoms with van der Waals surface area (Å²) in [6.07, 6.45) is 0.560.